The van der Waals surface area contributed by atoms with E-state index in [-0.39, 0.29) is 11.6 Å². The molecule has 1 aliphatic heterocycles. The molecule has 1 heterocycles. The predicted molar refractivity (Wildman–Crippen MR) is 93.6 cm³/mol. The summed E-state index contributed by atoms with van der Waals surface area (Å²) >= 11 is 3.38. The van der Waals surface area contributed by atoms with Crippen LogP contribution in [0.3, 0.4) is 0 Å². The van der Waals surface area contributed by atoms with Gasteiger partial charge in [-0.3, -0.25) is 4.79 Å². The Hall–Kier alpha value is -2.15. The average Bonchev–Trinajstić information content (AvgIpc) is 2.99. The standard InChI is InChI=1S/C18H16BrF2NO3/c1-3-25-17-13(19)6-10(7-16(17)24-2)18(23)22-5-4-12-14(21)8-11(20)9-15(12)22/h6-9H,3-5H2,1-2H3. The Kier molecular flexibility index (Phi) is 4.94. The van der Waals surface area contributed by atoms with Crippen LogP contribution in [0.2, 0.25) is 0 Å². The van der Waals surface area contributed by atoms with Crippen LogP contribution in [-0.2, 0) is 6.42 Å². The Bertz CT molecular complexity index is 842. The molecule has 1 amide bonds. The van der Waals surface area contributed by atoms with Gasteiger partial charge in [0.05, 0.1) is 23.9 Å². The molecular formula is C18H16BrF2NO3. The van der Waals surface area contributed by atoms with Crippen LogP contribution in [0.25, 0.3) is 0 Å². The molecule has 0 spiro atoms. The highest BCUT2D eigenvalue weighted by molar-refractivity contribution is 9.10. The third-order valence-electron chi connectivity index (χ3n) is 4.02. The Morgan fingerprint density at radius 3 is 2.72 bits per heavy atom. The number of rotatable bonds is 4. The van der Waals surface area contributed by atoms with Gasteiger partial charge >= 0.3 is 0 Å². The van der Waals surface area contributed by atoms with Crippen LogP contribution in [0.4, 0.5) is 14.5 Å². The number of methoxy groups -OCH3 is 1. The van der Waals surface area contributed by atoms with Crippen molar-refractivity contribution in [1.82, 2.24) is 0 Å². The fraction of sp³-hybridized carbons (Fsp3) is 0.278. The van der Waals surface area contributed by atoms with Gasteiger partial charge in [0.15, 0.2) is 11.5 Å². The van der Waals surface area contributed by atoms with Gasteiger partial charge in [0.1, 0.15) is 11.6 Å². The fourth-order valence-electron chi connectivity index (χ4n) is 2.92. The van der Waals surface area contributed by atoms with Crippen molar-refractivity contribution >= 4 is 27.5 Å². The Morgan fingerprint density at radius 2 is 2.04 bits per heavy atom. The Balaban J connectivity index is 2.00. The molecule has 3 rings (SSSR count). The van der Waals surface area contributed by atoms with Crippen LogP contribution >= 0.6 is 15.9 Å². The van der Waals surface area contributed by atoms with Crippen LogP contribution in [0.1, 0.15) is 22.8 Å². The van der Waals surface area contributed by atoms with E-state index >= 15 is 0 Å². The molecule has 2 aromatic rings. The Morgan fingerprint density at radius 1 is 1.28 bits per heavy atom. The van der Waals surface area contributed by atoms with Crippen molar-refractivity contribution in [3.8, 4) is 11.5 Å². The molecule has 0 N–H and O–H groups in total. The summed E-state index contributed by atoms with van der Waals surface area (Å²) in [4.78, 5) is 14.3. The van der Waals surface area contributed by atoms with E-state index in [4.69, 9.17) is 9.47 Å². The van der Waals surface area contributed by atoms with Gasteiger partial charge in [-0.15, -0.1) is 0 Å². The first-order valence-electron chi connectivity index (χ1n) is 7.76. The second-order valence-corrected chi connectivity index (χ2v) is 6.37. The number of hydrogen-bond donors (Lipinski definition) is 0. The molecule has 4 nitrogen and oxygen atoms in total. The molecule has 0 aliphatic carbocycles. The van der Waals surface area contributed by atoms with Gasteiger partial charge in [0.25, 0.3) is 5.91 Å². The number of halogens is 3. The highest BCUT2D eigenvalue weighted by Crippen LogP contribution is 2.38. The van der Waals surface area contributed by atoms with E-state index in [0.29, 0.717) is 46.7 Å². The van der Waals surface area contributed by atoms with Gasteiger partial charge in [-0.25, -0.2) is 8.78 Å². The van der Waals surface area contributed by atoms with Crippen molar-refractivity contribution in [2.45, 2.75) is 13.3 Å². The zero-order valence-corrected chi connectivity index (χ0v) is 15.3. The van der Waals surface area contributed by atoms with E-state index in [1.54, 1.807) is 12.1 Å². The number of ether oxygens (including phenoxy) is 2. The molecule has 1 aliphatic rings. The number of carbonyl (C=O) groups is 1. The lowest BCUT2D eigenvalue weighted by molar-refractivity contribution is 0.0989. The summed E-state index contributed by atoms with van der Waals surface area (Å²) in [6.07, 6.45) is 0.350. The van der Waals surface area contributed by atoms with Crippen molar-refractivity contribution in [2.75, 3.05) is 25.2 Å². The topological polar surface area (TPSA) is 38.8 Å². The van der Waals surface area contributed by atoms with E-state index in [1.165, 1.54) is 18.1 Å². The molecule has 0 aromatic heterocycles. The van der Waals surface area contributed by atoms with Crippen molar-refractivity contribution < 1.29 is 23.0 Å². The maximum absolute atomic E-state index is 13.9. The van der Waals surface area contributed by atoms with Gasteiger partial charge in [0.2, 0.25) is 0 Å². The first kappa shape index (κ1) is 17.7. The number of hydrogen-bond acceptors (Lipinski definition) is 3. The van der Waals surface area contributed by atoms with E-state index in [1.807, 2.05) is 6.92 Å². The predicted octanol–water partition coefficient (Wildman–Crippen LogP) is 4.34. The second-order valence-electron chi connectivity index (χ2n) is 5.51. The third kappa shape index (κ3) is 3.20. The van der Waals surface area contributed by atoms with Crippen LogP contribution in [0.5, 0.6) is 11.5 Å². The normalized spacial score (nSPS) is 12.9. The SMILES string of the molecule is CCOc1c(Br)cc(C(=O)N2CCc3c(F)cc(F)cc32)cc1OC. The van der Waals surface area contributed by atoms with Crippen LogP contribution < -0.4 is 14.4 Å². The minimum Gasteiger partial charge on any atom is -0.493 e. The first-order chi connectivity index (χ1) is 12.0. The molecule has 0 unspecified atom stereocenters. The molecule has 132 valence electrons. The van der Waals surface area contributed by atoms with Gasteiger partial charge < -0.3 is 14.4 Å². The lowest BCUT2D eigenvalue weighted by Crippen LogP contribution is -2.29. The van der Waals surface area contributed by atoms with Gasteiger partial charge in [-0.2, -0.15) is 0 Å². The largest absolute Gasteiger partial charge is 0.493 e. The van der Waals surface area contributed by atoms with Crippen molar-refractivity contribution in [1.29, 1.82) is 0 Å². The molecule has 0 atom stereocenters. The maximum Gasteiger partial charge on any atom is 0.258 e. The van der Waals surface area contributed by atoms with E-state index < -0.39 is 11.6 Å². The summed E-state index contributed by atoms with van der Waals surface area (Å²) in [7, 11) is 1.48. The first-order valence-corrected chi connectivity index (χ1v) is 8.55. The molecule has 2 aromatic carbocycles. The van der Waals surface area contributed by atoms with E-state index in [9.17, 15) is 13.6 Å². The number of anilines is 1. The molecule has 0 saturated carbocycles. The highest BCUT2D eigenvalue weighted by atomic mass is 79.9. The quantitative estimate of drug-likeness (QED) is 0.750. The second kappa shape index (κ2) is 7.00. The maximum atomic E-state index is 13.9. The lowest BCUT2D eigenvalue weighted by Gasteiger charge is -2.19. The van der Waals surface area contributed by atoms with Gasteiger partial charge in [-0.1, -0.05) is 0 Å². The number of amides is 1. The summed E-state index contributed by atoms with van der Waals surface area (Å²) in [6.45, 7) is 2.58. The molecular weight excluding hydrogens is 396 g/mol. The summed E-state index contributed by atoms with van der Waals surface area (Å²) < 4.78 is 38.8. The van der Waals surface area contributed by atoms with Crippen molar-refractivity contribution in [2.24, 2.45) is 0 Å². The van der Waals surface area contributed by atoms with E-state index in [2.05, 4.69) is 15.9 Å². The minimum absolute atomic E-state index is 0.270. The zero-order valence-electron chi connectivity index (χ0n) is 13.7. The smallest absolute Gasteiger partial charge is 0.258 e. The molecule has 0 fully saturated rings. The number of nitrogens with zero attached hydrogens (tertiary/aromatic N) is 1. The third-order valence-corrected chi connectivity index (χ3v) is 4.61. The number of carbonyl (C=O) groups excluding carboxylic acids is 1. The fourth-order valence-corrected chi connectivity index (χ4v) is 3.47. The highest BCUT2D eigenvalue weighted by Gasteiger charge is 2.29. The minimum atomic E-state index is -0.707. The molecule has 7 heteroatoms. The molecule has 0 bridgehead atoms. The zero-order chi connectivity index (χ0) is 18.1. The molecule has 25 heavy (non-hydrogen) atoms. The van der Waals surface area contributed by atoms with Crippen LogP contribution in [0.15, 0.2) is 28.7 Å². The summed E-state index contributed by atoms with van der Waals surface area (Å²) in [5.41, 5.74) is 0.961. The number of benzene rings is 2. The summed E-state index contributed by atoms with van der Waals surface area (Å²) in [5, 5.41) is 0. The lowest BCUT2D eigenvalue weighted by atomic mass is 10.1. The summed E-state index contributed by atoms with van der Waals surface area (Å²) in [5.74, 6) is -0.784. The molecule has 0 radical (unpaired) electrons. The number of fused-ring (bicyclic) bond motifs is 1. The van der Waals surface area contributed by atoms with Crippen LogP contribution in [-0.4, -0.2) is 26.2 Å². The monoisotopic (exact) mass is 411 g/mol. The van der Waals surface area contributed by atoms with Crippen LogP contribution in [0, 0.1) is 11.6 Å². The Labute approximate surface area is 152 Å². The molecule has 0 saturated heterocycles. The van der Waals surface area contributed by atoms with Crippen molar-refractivity contribution in [3.63, 3.8) is 0 Å². The summed E-state index contributed by atoms with van der Waals surface area (Å²) in [6, 6.07) is 5.20. The van der Waals surface area contributed by atoms with Crippen molar-refractivity contribution in [3.05, 3.63) is 51.5 Å². The van der Waals surface area contributed by atoms with E-state index in [0.717, 1.165) is 6.07 Å². The van der Waals surface area contributed by atoms with Gasteiger partial charge in [-0.05, 0) is 47.5 Å². The average molecular weight is 412 g/mol. The van der Waals surface area contributed by atoms with Gasteiger partial charge in [0, 0.05) is 23.7 Å².